The van der Waals surface area contributed by atoms with Gasteiger partial charge in [0.25, 0.3) is 0 Å². The van der Waals surface area contributed by atoms with Gasteiger partial charge in [0.1, 0.15) is 11.5 Å². The highest BCUT2D eigenvalue weighted by Gasteiger charge is 2.08. The molecule has 2 aromatic rings. The number of hydrogen-bond donors (Lipinski definition) is 1. The Labute approximate surface area is 102 Å². The van der Waals surface area contributed by atoms with Crippen molar-refractivity contribution in [3.8, 4) is 0 Å². The van der Waals surface area contributed by atoms with Gasteiger partial charge in [0, 0.05) is 18.4 Å². The maximum atomic E-state index is 5.81. The zero-order valence-electron chi connectivity index (χ0n) is 10.6. The first-order valence-corrected chi connectivity index (χ1v) is 5.94. The Morgan fingerprint density at radius 3 is 2.94 bits per heavy atom. The average Bonchev–Trinajstić information content (AvgIpc) is 2.86. The predicted octanol–water partition coefficient (Wildman–Crippen LogP) is 2.33. The second-order valence-corrected chi connectivity index (χ2v) is 4.56. The van der Waals surface area contributed by atoms with Gasteiger partial charge in [0.2, 0.25) is 0 Å². The fraction of sp³-hybridized carbons (Fsp3) is 0.462. The van der Waals surface area contributed by atoms with Gasteiger partial charge >= 0.3 is 0 Å². The summed E-state index contributed by atoms with van der Waals surface area (Å²) in [4.78, 5) is 0. The van der Waals surface area contributed by atoms with Crippen LogP contribution in [0.25, 0.3) is 0 Å². The van der Waals surface area contributed by atoms with Crippen molar-refractivity contribution in [1.29, 1.82) is 0 Å². The summed E-state index contributed by atoms with van der Waals surface area (Å²) >= 11 is 0. The van der Waals surface area contributed by atoms with E-state index >= 15 is 0 Å². The second-order valence-electron chi connectivity index (χ2n) is 4.56. The average molecular weight is 233 g/mol. The minimum absolute atomic E-state index is 0.467. The van der Waals surface area contributed by atoms with Crippen molar-refractivity contribution in [2.24, 2.45) is 0 Å². The molecule has 0 fully saturated rings. The summed E-state index contributed by atoms with van der Waals surface area (Å²) in [6.45, 7) is 7.80. The third kappa shape index (κ3) is 3.20. The third-order valence-electron chi connectivity index (χ3n) is 2.62. The molecule has 0 spiro atoms. The fourth-order valence-corrected chi connectivity index (χ4v) is 1.69. The van der Waals surface area contributed by atoms with Gasteiger partial charge in [-0.2, -0.15) is 5.10 Å². The first kappa shape index (κ1) is 11.9. The van der Waals surface area contributed by atoms with Crippen molar-refractivity contribution in [3.05, 3.63) is 41.6 Å². The molecule has 0 aliphatic carbocycles. The van der Waals surface area contributed by atoms with E-state index < -0.39 is 0 Å². The number of aryl methyl sites for hydroxylation is 1. The van der Waals surface area contributed by atoms with Crippen molar-refractivity contribution >= 4 is 0 Å². The summed E-state index contributed by atoms with van der Waals surface area (Å²) < 4.78 is 7.67. The molecule has 0 unspecified atom stereocenters. The smallest absolute Gasteiger partial charge is 0.126 e. The Balaban J connectivity index is 2.02. The largest absolute Gasteiger partial charge is 0.462 e. The highest BCUT2D eigenvalue weighted by molar-refractivity contribution is 5.20. The molecule has 0 aliphatic rings. The molecule has 0 amide bonds. The number of hydrogen-bond acceptors (Lipinski definition) is 3. The summed E-state index contributed by atoms with van der Waals surface area (Å²) in [6, 6.07) is 4.46. The maximum Gasteiger partial charge on any atom is 0.126 e. The first-order chi connectivity index (χ1) is 8.15. The zero-order valence-corrected chi connectivity index (χ0v) is 10.6. The molecule has 0 aromatic carbocycles. The molecule has 0 aliphatic heterocycles. The lowest BCUT2D eigenvalue weighted by atomic mass is 10.2. The molecule has 0 bridgehead atoms. The Kier molecular flexibility index (Phi) is 3.64. The van der Waals surface area contributed by atoms with Gasteiger partial charge in [-0.3, -0.25) is 4.68 Å². The summed E-state index contributed by atoms with van der Waals surface area (Å²) in [7, 11) is 0. The van der Waals surface area contributed by atoms with Gasteiger partial charge in [-0.05, 0) is 24.6 Å². The zero-order chi connectivity index (χ0) is 12.3. The van der Waals surface area contributed by atoms with Crippen LogP contribution in [0, 0.1) is 6.92 Å². The van der Waals surface area contributed by atoms with E-state index in [-0.39, 0.29) is 0 Å². The molecule has 0 saturated heterocycles. The molecule has 4 nitrogen and oxygen atoms in total. The SMILES string of the molecule is Cc1cc(Cn2cccn2)oc1CNC(C)C. The van der Waals surface area contributed by atoms with Crippen LogP contribution in [0.5, 0.6) is 0 Å². The molecule has 92 valence electrons. The number of aromatic nitrogens is 2. The Morgan fingerprint density at radius 2 is 2.29 bits per heavy atom. The Morgan fingerprint density at radius 1 is 1.47 bits per heavy atom. The minimum atomic E-state index is 0.467. The minimum Gasteiger partial charge on any atom is -0.462 e. The molecule has 0 atom stereocenters. The highest BCUT2D eigenvalue weighted by Crippen LogP contribution is 2.15. The summed E-state index contributed by atoms with van der Waals surface area (Å²) in [5.41, 5.74) is 1.19. The summed E-state index contributed by atoms with van der Waals surface area (Å²) in [6.07, 6.45) is 3.71. The van der Waals surface area contributed by atoms with Gasteiger partial charge < -0.3 is 9.73 Å². The molecule has 17 heavy (non-hydrogen) atoms. The van der Waals surface area contributed by atoms with Crippen molar-refractivity contribution in [1.82, 2.24) is 15.1 Å². The third-order valence-corrected chi connectivity index (χ3v) is 2.62. The Bertz CT molecular complexity index is 457. The lowest BCUT2D eigenvalue weighted by Gasteiger charge is -2.06. The van der Waals surface area contributed by atoms with Crippen LogP contribution < -0.4 is 5.32 Å². The number of nitrogens with one attached hydrogen (secondary N) is 1. The molecule has 2 heterocycles. The van der Waals surface area contributed by atoms with Gasteiger partial charge in [0.15, 0.2) is 0 Å². The summed E-state index contributed by atoms with van der Waals surface area (Å²) in [5, 5.41) is 7.52. The lowest BCUT2D eigenvalue weighted by Crippen LogP contribution is -2.21. The van der Waals surface area contributed by atoms with Gasteiger partial charge in [0.05, 0.1) is 13.1 Å². The van der Waals surface area contributed by atoms with Crippen LogP contribution in [0.1, 0.15) is 30.9 Å². The van der Waals surface area contributed by atoms with Gasteiger partial charge in [-0.1, -0.05) is 13.8 Å². The van der Waals surface area contributed by atoms with Gasteiger partial charge in [-0.15, -0.1) is 0 Å². The quantitative estimate of drug-likeness (QED) is 0.862. The van der Waals surface area contributed by atoms with E-state index in [1.54, 1.807) is 6.20 Å². The molecule has 0 radical (unpaired) electrons. The number of rotatable bonds is 5. The van der Waals surface area contributed by atoms with Crippen LogP contribution in [0.15, 0.2) is 28.9 Å². The molecule has 2 aromatic heterocycles. The van der Waals surface area contributed by atoms with Crippen molar-refractivity contribution in [2.75, 3.05) is 0 Å². The summed E-state index contributed by atoms with van der Waals surface area (Å²) in [5.74, 6) is 1.97. The monoisotopic (exact) mass is 233 g/mol. The van der Waals surface area contributed by atoms with Crippen LogP contribution >= 0.6 is 0 Å². The van der Waals surface area contributed by atoms with Crippen LogP contribution in [0.3, 0.4) is 0 Å². The highest BCUT2D eigenvalue weighted by atomic mass is 16.3. The van der Waals surface area contributed by atoms with Crippen LogP contribution in [-0.4, -0.2) is 15.8 Å². The topological polar surface area (TPSA) is 43.0 Å². The lowest BCUT2D eigenvalue weighted by molar-refractivity contribution is 0.420. The van der Waals surface area contributed by atoms with E-state index in [0.717, 1.165) is 18.1 Å². The van der Waals surface area contributed by atoms with E-state index in [4.69, 9.17) is 4.42 Å². The predicted molar refractivity (Wildman–Crippen MR) is 66.7 cm³/mol. The second kappa shape index (κ2) is 5.19. The Hall–Kier alpha value is -1.55. The molecule has 4 heteroatoms. The van der Waals surface area contributed by atoms with Gasteiger partial charge in [-0.25, -0.2) is 0 Å². The van der Waals surface area contributed by atoms with E-state index in [0.29, 0.717) is 12.6 Å². The number of nitrogens with zero attached hydrogens (tertiary/aromatic N) is 2. The molecular weight excluding hydrogens is 214 g/mol. The van der Waals surface area contributed by atoms with Crippen molar-refractivity contribution < 1.29 is 4.42 Å². The molecule has 1 N–H and O–H groups in total. The maximum absolute atomic E-state index is 5.81. The fourth-order valence-electron chi connectivity index (χ4n) is 1.69. The van der Waals surface area contributed by atoms with Crippen LogP contribution in [0.2, 0.25) is 0 Å². The van der Waals surface area contributed by atoms with E-state index in [2.05, 4.69) is 37.3 Å². The van der Waals surface area contributed by atoms with Crippen LogP contribution in [0.4, 0.5) is 0 Å². The standard InChI is InChI=1S/C13H19N3O/c1-10(2)14-8-13-11(3)7-12(17-13)9-16-6-4-5-15-16/h4-7,10,14H,8-9H2,1-3H3. The molecule has 2 rings (SSSR count). The molecule has 0 saturated carbocycles. The van der Waals surface area contributed by atoms with E-state index in [1.165, 1.54) is 5.56 Å². The van der Waals surface area contributed by atoms with E-state index in [9.17, 15) is 0 Å². The van der Waals surface area contributed by atoms with E-state index in [1.807, 2.05) is 16.9 Å². The molecular formula is C13H19N3O. The van der Waals surface area contributed by atoms with Crippen LogP contribution in [-0.2, 0) is 13.1 Å². The van der Waals surface area contributed by atoms with Crippen molar-refractivity contribution in [3.63, 3.8) is 0 Å². The number of furan rings is 1. The van der Waals surface area contributed by atoms with Crippen molar-refractivity contribution in [2.45, 2.75) is 39.9 Å². The first-order valence-electron chi connectivity index (χ1n) is 5.94. The normalized spacial score (nSPS) is 11.3.